The molecule has 0 bridgehead atoms. The topological polar surface area (TPSA) is 128 Å². The third-order valence-corrected chi connectivity index (χ3v) is 5.26. The first-order valence-electron chi connectivity index (χ1n) is 9.13. The number of hydrogen-bond acceptors (Lipinski definition) is 7. The van der Waals surface area contributed by atoms with Gasteiger partial charge in [0.25, 0.3) is 11.6 Å². The van der Waals surface area contributed by atoms with E-state index in [-0.39, 0.29) is 24.6 Å². The fourth-order valence-corrected chi connectivity index (χ4v) is 3.52. The maximum atomic E-state index is 12.3. The smallest absolute Gasteiger partial charge is 0.311 e. The second-order valence-electron chi connectivity index (χ2n) is 6.68. The van der Waals surface area contributed by atoms with Crippen molar-refractivity contribution in [3.63, 3.8) is 0 Å². The van der Waals surface area contributed by atoms with Crippen molar-refractivity contribution in [3.05, 3.63) is 57.1 Å². The number of anilines is 2. The number of amides is 2. The molecule has 11 heteroatoms. The number of nitro groups is 1. The molecule has 1 aliphatic heterocycles. The number of non-ortho nitro benzene ring substituents is 1. The van der Waals surface area contributed by atoms with Crippen LogP contribution in [0.25, 0.3) is 0 Å². The maximum absolute atomic E-state index is 12.3. The van der Waals surface area contributed by atoms with E-state index in [1.54, 1.807) is 24.3 Å². The fraction of sp³-hybridized carbons (Fsp3) is 0.250. The second-order valence-corrected chi connectivity index (χ2v) is 7.54. The minimum absolute atomic E-state index is 0.0223. The van der Waals surface area contributed by atoms with Crippen molar-refractivity contribution in [2.45, 2.75) is 6.42 Å². The monoisotopic (exact) mass is 491 g/mol. The number of rotatable bonds is 7. The van der Waals surface area contributed by atoms with Crippen molar-refractivity contribution < 1.29 is 28.8 Å². The van der Waals surface area contributed by atoms with Crippen molar-refractivity contribution in [1.29, 1.82) is 0 Å². The van der Waals surface area contributed by atoms with Crippen LogP contribution in [-0.2, 0) is 19.1 Å². The van der Waals surface area contributed by atoms with Crippen molar-refractivity contribution in [2.75, 3.05) is 30.5 Å². The second kappa shape index (κ2) is 9.56. The number of nitro benzene ring substituents is 1. The standard InChI is InChI=1S/C20H18BrN3O7/c1-30-15-4-2-3-13(8-15)23-10-12(7-19(23)26)20(27)31-11-18(25)22-17-6-5-14(24(28)29)9-16(17)21/h2-6,8-9,12H,7,10-11H2,1H3,(H,22,25). The summed E-state index contributed by atoms with van der Waals surface area (Å²) in [4.78, 5) is 48.4. The van der Waals surface area contributed by atoms with Crippen molar-refractivity contribution in [2.24, 2.45) is 5.92 Å². The van der Waals surface area contributed by atoms with E-state index in [2.05, 4.69) is 21.2 Å². The number of methoxy groups -OCH3 is 1. The Bertz CT molecular complexity index is 1040. The van der Waals surface area contributed by atoms with E-state index in [1.807, 2.05) is 0 Å². The van der Waals surface area contributed by atoms with Gasteiger partial charge in [-0.15, -0.1) is 0 Å². The van der Waals surface area contributed by atoms with Gasteiger partial charge in [0.1, 0.15) is 5.75 Å². The van der Waals surface area contributed by atoms with E-state index in [4.69, 9.17) is 9.47 Å². The first-order valence-corrected chi connectivity index (χ1v) is 9.92. The average molecular weight is 492 g/mol. The Balaban J connectivity index is 1.54. The molecule has 1 atom stereocenters. The lowest BCUT2D eigenvalue weighted by molar-refractivity contribution is -0.384. The molecule has 1 heterocycles. The van der Waals surface area contributed by atoms with Gasteiger partial charge in [-0.3, -0.25) is 24.5 Å². The lowest BCUT2D eigenvalue weighted by atomic mass is 10.1. The molecular formula is C20H18BrN3O7. The Kier molecular flexibility index (Phi) is 6.85. The van der Waals surface area contributed by atoms with Crippen LogP contribution in [0, 0.1) is 16.0 Å². The molecular weight excluding hydrogens is 474 g/mol. The first kappa shape index (κ1) is 22.2. The van der Waals surface area contributed by atoms with Crippen LogP contribution in [0.4, 0.5) is 17.1 Å². The zero-order chi connectivity index (χ0) is 22.5. The maximum Gasteiger partial charge on any atom is 0.311 e. The van der Waals surface area contributed by atoms with Gasteiger partial charge >= 0.3 is 5.97 Å². The van der Waals surface area contributed by atoms with Crippen molar-refractivity contribution >= 4 is 50.8 Å². The number of carbonyl (C=O) groups excluding carboxylic acids is 3. The molecule has 2 amide bonds. The normalized spacial score (nSPS) is 15.5. The molecule has 0 aliphatic carbocycles. The number of nitrogens with one attached hydrogen (secondary N) is 1. The van der Waals surface area contributed by atoms with Crippen LogP contribution in [0.2, 0.25) is 0 Å². The molecule has 0 aromatic heterocycles. The first-order chi connectivity index (χ1) is 14.8. The summed E-state index contributed by atoms with van der Waals surface area (Å²) in [6.45, 7) is -0.410. The SMILES string of the molecule is COc1cccc(N2CC(C(=O)OCC(=O)Nc3ccc([N+](=O)[O-])cc3Br)CC2=O)c1. The molecule has 2 aromatic carbocycles. The van der Waals surface area contributed by atoms with Gasteiger partial charge in [0.05, 0.1) is 23.6 Å². The van der Waals surface area contributed by atoms with Gasteiger partial charge in [0.15, 0.2) is 6.61 Å². The number of esters is 1. The molecule has 0 saturated carbocycles. The lowest BCUT2D eigenvalue weighted by Crippen LogP contribution is -2.28. The quantitative estimate of drug-likeness (QED) is 0.358. The minimum Gasteiger partial charge on any atom is -0.497 e. The molecule has 1 unspecified atom stereocenters. The summed E-state index contributed by atoms with van der Waals surface area (Å²) < 4.78 is 10.5. The fourth-order valence-electron chi connectivity index (χ4n) is 3.05. The van der Waals surface area contributed by atoms with Gasteiger partial charge in [-0.25, -0.2) is 0 Å². The Morgan fingerprint density at radius 3 is 2.74 bits per heavy atom. The van der Waals surface area contributed by atoms with Gasteiger partial charge in [0.2, 0.25) is 5.91 Å². The summed E-state index contributed by atoms with van der Waals surface area (Å²) in [5.74, 6) is -1.61. The number of benzene rings is 2. The lowest BCUT2D eigenvalue weighted by Gasteiger charge is -2.17. The number of ether oxygens (including phenoxy) is 2. The number of nitrogens with zero attached hydrogens (tertiary/aromatic N) is 2. The summed E-state index contributed by atoms with van der Waals surface area (Å²) in [5.41, 5.74) is 0.773. The molecule has 1 N–H and O–H groups in total. The van der Waals surface area contributed by atoms with E-state index in [1.165, 1.54) is 30.2 Å². The minimum atomic E-state index is -0.697. The van der Waals surface area contributed by atoms with Gasteiger partial charge in [-0.05, 0) is 34.1 Å². The predicted molar refractivity (Wildman–Crippen MR) is 114 cm³/mol. The van der Waals surface area contributed by atoms with Crippen LogP contribution in [0.15, 0.2) is 46.9 Å². The summed E-state index contributed by atoms with van der Waals surface area (Å²) in [7, 11) is 1.52. The molecule has 1 aliphatic rings. The van der Waals surface area contributed by atoms with Crippen LogP contribution in [0.5, 0.6) is 5.75 Å². The van der Waals surface area contributed by atoms with Gasteiger partial charge in [-0.2, -0.15) is 0 Å². The van der Waals surface area contributed by atoms with Crippen LogP contribution < -0.4 is 15.0 Å². The van der Waals surface area contributed by atoms with E-state index in [0.29, 0.717) is 21.6 Å². The Morgan fingerprint density at radius 2 is 2.06 bits per heavy atom. The molecule has 2 aromatic rings. The Hall–Kier alpha value is -3.47. The zero-order valence-corrected chi connectivity index (χ0v) is 18.0. The number of carbonyl (C=O) groups is 3. The highest BCUT2D eigenvalue weighted by Crippen LogP contribution is 2.29. The van der Waals surface area contributed by atoms with E-state index >= 15 is 0 Å². The highest BCUT2D eigenvalue weighted by Gasteiger charge is 2.36. The van der Waals surface area contributed by atoms with E-state index in [0.717, 1.165) is 0 Å². The van der Waals surface area contributed by atoms with Crippen LogP contribution in [-0.4, -0.2) is 43.0 Å². The molecule has 1 saturated heterocycles. The van der Waals surface area contributed by atoms with Crippen molar-refractivity contribution in [1.82, 2.24) is 0 Å². The highest BCUT2D eigenvalue weighted by molar-refractivity contribution is 9.10. The molecule has 10 nitrogen and oxygen atoms in total. The van der Waals surface area contributed by atoms with Gasteiger partial charge in [0, 0.05) is 41.3 Å². The van der Waals surface area contributed by atoms with Gasteiger partial charge in [-0.1, -0.05) is 6.07 Å². The molecule has 31 heavy (non-hydrogen) atoms. The Labute approximate surface area is 185 Å². The average Bonchev–Trinajstić information content (AvgIpc) is 3.15. The largest absolute Gasteiger partial charge is 0.497 e. The number of hydrogen-bond donors (Lipinski definition) is 1. The molecule has 162 valence electrons. The van der Waals surface area contributed by atoms with Crippen molar-refractivity contribution in [3.8, 4) is 5.75 Å². The summed E-state index contributed by atoms with van der Waals surface area (Å²) in [6.07, 6.45) is -0.0223. The molecule has 0 spiro atoms. The van der Waals surface area contributed by atoms with Gasteiger partial charge < -0.3 is 19.7 Å². The van der Waals surface area contributed by atoms with Crippen LogP contribution >= 0.6 is 15.9 Å². The molecule has 0 radical (unpaired) electrons. The highest BCUT2D eigenvalue weighted by atomic mass is 79.9. The third kappa shape index (κ3) is 5.37. The Morgan fingerprint density at radius 1 is 1.29 bits per heavy atom. The summed E-state index contributed by atoms with van der Waals surface area (Å²) in [5, 5.41) is 13.3. The van der Waals surface area contributed by atoms with E-state index < -0.39 is 29.3 Å². The molecule has 3 rings (SSSR count). The summed E-state index contributed by atoms with van der Waals surface area (Å²) >= 11 is 3.14. The molecule has 1 fully saturated rings. The van der Waals surface area contributed by atoms with Crippen LogP contribution in [0.3, 0.4) is 0 Å². The number of halogens is 1. The predicted octanol–water partition coefficient (Wildman–Crippen LogP) is 2.90. The third-order valence-electron chi connectivity index (χ3n) is 4.61. The van der Waals surface area contributed by atoms with E-state index in [9.17, 15) is 24.5 Å². The van der Waals surface area contributed by atoms with Crippen LogP contribution in [0.1, 0.15) is 6.42 Å². The summed E-state index contributed by atoms with van der Waals surface area (Å²) in [6, 6.07) is 10.8. The zero-order valence-electron chi connectivity index (χ0n) is 16.4.